The van der Waals surface area contributed by atoms with Crippen LogP contribution in [-0.4, -0.2) is 43.3 Å². The molecule has 0 aromatic rings. The van der Waals surface area contributed by atoms with Gasteiger partial charge in [0.25, 0.3) is 0 Å². The van der Waals surface area contributed by atoms with Crippen LogP contribution in [0, 0.1) is 0 Å². The quantitative estimate of drug-likeness (QED) is 0.677. The van der Waals surface area contributed by atoms with Gasteiger partial charge >= 0.3 is 6.18 Å². The minimum Gasteiger partial charge on any atom is -0.391 e. The number of aliphatic hydroxyl groups is 1. The van der Waals surface area contributed by atoms with Gasteiger partial charge < -0.3 is 14.6 Å². The lowest BCUT2D eigenvalue weighted by molar-refractivity contribution is -0.175. The lowest BCUT2D eigenvalue weighted by atomic mass is 10.3. The van der Waals surface area contributed by atoms with Gasteiger partial charge in [-0.25, -0.2) is 0 Å². The molecule has 0 aromatic heterocycles. The van der Waals surface area contributed by atoms with E-state index in [4.69, 9.17) is 4.74 Å². The first-order chi connectivity index (χ1) is 6.81. The molecule has 0 aromatic carbocycles. The van der Waals surface area contributed by atoms with Crippen molar-refractivity contribution in [2.45, 2.75) is 38.7 Å². The summed E-state index contributed by atoms with van der Waals surface area (Å²) >= 11 is 0. The molecular formula is C9H17F3O3. The Morgan fingerprint density at radius 1 is 1.27 bits per heavy atom. The normalized spacial score (nSPS) is 14.6. The molecule has 3 nitrogen and oxygen atoms in total. The first-order valence-electron chi connectivity index (χ1n) is 4.75. The Bertz CT molecular complexity index is 159. The van der Waals surface area contributed by atoms with Gasteiger partial charge in [0.15, 0.2) is 0 Å². The van der Waals surface area contributed by atoms with Crippen molar-refractivity contribution in [1.29, 1.82) is 0 Å². The molecule has 0 rings (SSSR count). The molecule has 92 valence electrons. The first kappa shape index (κ1) is 14.7. The summed E-state index contributed by atoms with van der Waals surface area (Å²) < 4.78 is 44.3. The second-order valence-electron chi connectivity index (χ2n) is 3.49. The molecule has 0 aliphatic carbocycles. The molecule has 1 N–H and O–H groups in total. The minimum absolute atomic E-state index is 0.00394. The topological polar surface area (TPSA) is 38.7 Å². The van der Waals surface area contributed by atoms with E-state index in [1.165, 1.54) is 0 Å². The van der Waals surface area contributed by atoms with Crippen LogP contribution in [0.1, 0.15) is 20.3 Å². The maximum Gasteiger partial charge on any atom is 0.411 e. The van der Waals surface area contributed by atoms with Crippen molar-refractivity contribution in [3.05, 3.63) is 0 Å². The van der Waals surface area contributed by atoms with Crippen molar-refractivity contribution < 1.29 is 27.8 Å². The molecular weight excluding hydrogens is 213 g/mol. The van der Waals surface area contributed by atoms with Crippen LogP contribution in [0.3, 0.4) is 0 Å². The molecule has 0 bridgehead atoms. The van der Waals surface area contributed by atoms with Crippen LogP contribution in [-0.2, 0) is 9.47 Å². The van der Waals surface area contributed by atoms with E-state index < -0.39 is 18.9 Å². The molecule has 1 unspecified atom stereocenters. The van der Waals surface area contributed by atoms with E-state index in [2.05, 4.69) is 4.74 Å². The van der Waals surface area contributed by atoms with E-state index in [1.54, 1.807) is 0 Å². The van der Waals surface area contributed by atoms with Gasteiger partial charge in [-0.05, 0) is 20.3 Å². The summed E-state index contributed by atoms with van der Waals surface area (Å²) in [4.78, 5) is 0. The number of ether oxygens (including phenoxy) is 2. The summed E-state index contributed by atoms with van der Waals surface area (Å²) in [5.41, 5.74) is 0. The molecule has 0 heterocycles. The Kier molecular flexibility index (Phi) is 6.87. The smallest absolute Gasteiger partial charge is 0.391 e. The van der Waals surface area contributed by atoms with E-state index in [1.807, 2.05) is 13.8 Å². The predicted molar refractivity (Wildman–Crippen MR) is 48.6 cm³/mol. The summed E-state index contributed by atoms with van der Waals surface area (Å²) in [6.07, 6.45) is -4.95. The van der Waals surface area contributed by atoms with Crippen LogP contribution in [0.15, 0.2) is 0 Å². The summed E-state index contributed by atoms with van der Waals surface area (Å²) in [7, 11) is 0. The van der Waals surface area contributed by atoms with Crippen LogP contribution in [0.5, 0.6) is 0 Å². The molecule has 0 saturated carbocycles. The molecule has 0 amide bonds. The van der Waals surface area contributed by atoms with Crippen LogP contribution < -0.4 is 0 Å². The van der Waals surface area contributed by atoms with Crippen LogP contribution in [0.2, 0.25) is 0 Å². The standard InChI is InChI=1S/C9H17F3O3/c1-7(2)15-5-8(13)3-4-14-6-9(10,11)12/h7-8,13H,3-6H2,1-2H3. The average Bonchev–Trinajstić information content (AvgIpc) is 2.07. The van der Waals surface area contributed by atoms with Crippen LogP contribution in [0.4, 0.5) is 13.2 Å². The van der Waals surface area contributed by atoms with E-state index in [0.29, 0.717) is 0 Å². The molecule has 1 atom stereocenters. The highest BCUT2D eigenvalue weighted by Crippen LogP contribution is 2.14. The van der Waals surface area contributed by atoms with Gasteiger partial charge in [-0.2, -0.15) is 13.2 Å². The monoisotopic (exact) mass is 230 g/mol. The zero-order valence-corrected chi connectivity index (χ0v) is 8.88. The fourth-order valence-corrected chi connectivity index (χ4v) is 0.794. The van der Waals surface area contributed by atoms with E-state index in [-0.39, 0.29) is 25.7 Å². The maximum absolute atomic E-state index is 11.6. The highest BCUT2D eigenvalue weighted by molar-refractivity contribution is 4.55. The SMILES string of the molecule is CC(C)OCC(O)CCOCC(F)(F)F. The highest BCUT2D eigenvalue weighted by Gasteiger charge is 2.27. The van der Waals surface area contributed by atoms with Crippen molar-refractivity contribution in [1.82, 2.24) is 0 Å². The molecule has 0 aliphatic heterocycles. The second kappa shape index (κ2) is 7.03. The molecule has 0 aliphatic rings. The number of aliphatic hydroxyl groups excluding tert-OH is 1. The molecule has 6 heteroatoms. The van der Waals surface area contributed by atoms with Gasteiger partial charge in [0.2, 0.25) is 0 Å². The Labute approximate surface area is 87.2 Å². The molecule has 0 radical (unpaired) electrons. The van der Waals surface area contributed by atoms with Crippen LogP contribution in [0.25, 0.3) is 0 Å². The maximum atomic E-state index is 11.6. The zero-order chi connectivity index (χ0) is 11.9. The average molecular weight is 230 g/mol. The van der Waals surface area contributed by atoms with Gasteiger partial charge in [-0.15, -0.1) is 0 Å². The highest BCUT2D eigenvalue weighted by atomic mass is 19.4. The number of hydrogen-bond acceptors (Lipinski definition) is 3. The Hall–Kier alpha value is -0.330. The van der Waals surface area contributed by atoms with Crippen molar-refractivity contribution >= 4 is 0 Å². The summed E-state index contributed by atoms with van der Waals surface area (Å²) in [6.45, 7) is 2.35. The fourth-order valence-electron chi connectivity index (χ4n) is 0.794. The number of hydrogen-bond donors (Lipinski definition) is 1. The summed E-state index contributed by atoms with van der Waals surface area (Å²) in [5, 5.41) is 9.24. The first-order valence-corrected chi connectivity index (χ1v) is 4.75. The van der Waals surface area contributed by atoms with E-state index in [0.717, 1.165) is 0 Å². The number of halogens is 3. The van der Waals surface area contributed by atoms with Gasteiger partial charge in [0.1, 0.15) is 6.61 Å². The Balaban J connectivity index is 3.35. The van der Waals surface area contributed by atoms with Gasteiger partial charge in [0, 0.05) is 6.61 Å². The van der Waals surface area contributed by atoms with Crippen molar-refractivity contribution in [2.24, 2.45) is 0 Å². The zero-order valence-electron chi connectivity index (χ0n) is 8.88. The lowest BCUT2D eigenvalue weighted by Crippen LogP contribution is -2.22. The van der Waals surface area contributed by atoms with Crippen molar-refractivity contribution in [3.63, 3.8) is 0 Å². The summed E-state index contributed by atoms with van der Waals surface area (Å²) in [6, 6.07) is 0. The van der Waals surface area contributed by atoms with Crippen LogP contribution >= 0.6 is 0 Å². The molecule has 15 heavy (non-hydrogen) atoms. The molecule has 0 fully saturated rings. The molecule has 0 saturated heterocycles. The van der Waals surface area contributed by atoms with Gasteiger partial charge in [-0.1, -0.05) is 0 Å². The third kappa shape index (κ3) is 11.6. The number of rotatable bonds is 7. The van der Waals surface area contributed by atoms with Crippen molar-refractivity contribution in [2.75, 3.05) is 19.8 Å². The Morgan fingerprint density at radius 2 is 1.87 bits per heavy atom. The third-order valence-corrected chi connectivity index (χ3v) is 1.48. The summed E-state index contributed by atoms with van der Waals surface area (Å²) in [5.74, 6) is 0. The largest absolute Gasteiger partial charge is 0.411 e. The second-order valence-corrected chi connectivity index (χ2v) is 3.49. The van der Waals surface area contributed by atoms with Gasteiger partial charge in [-0.3, -0.25) is 0 Å². The minimum atomic E-state index is -4.31. The predicted octanol–water partition coefficient (Wildman–Crippen LogP) is 1.74. The Morgan fingerprint density at radius 3 is 2.33 bits per heavy atom. The third-order valence-electron chi connectivity index (χ3n) is 1.48. The number of alkyl halides is 3. The van der Waals surface area contributed by atoms with E-state index in [9.17, 15) is 18.3 Å². The fraction of sp³-hybridized carbons (Fsp3) is 1.00. The lowest BCUT2D eigenvalue weighted by Gasteiger charge is -2.13. The molecule has 0 spiro atoms. The van der Waals surface area contributed by atoms with Crippen molar-refractivity contribution in [3.8, 4) is 0 Å². The van der Waals surface area contributed by atoms with Gasteiger partial charge in [0.05, 0.1) is 18.8 Å². The van der Waals surface area contributed by atoms with E-state index >= 15 is 0 Å².